The molecule has 0 saturated carbocycles. The Morgan fingerprint density at radius 1 is 1.04 bits per heavy atom. The Morgan fingerprint density at radius 3 is 2.15 bits per heavy atom. The molecule has 2 amide bonds. The second kappa shape index (κ2) is 10.9. The SMILES string of the molecule is CCOC(=O)N1CCC(N2CCCCC2)CC1.Cc1ccc(C(N)=O)cc1. The van der Waals surface area contributed by atoms with Crippen LogP contribution in [0.15, 0.2) is 24.3 Å². The number of nitrogens with zero attached hydrogens (tertiary/aromatic N) is 2. The van der Waals surface area contributed by atoms with Crippen molar-refractivity contribution < 1.29 is 14.3 Å². The van der Waals surface area contributed by atoms with Crippen LogP contribution in [0.2, 0.25) is 0 Å². The Morgan fingerprint density at radius 2 is 1.63 bits per heavy atom. The van der Waals surface area contributed by atoms with Crippen LogP contribution in [-0.2, 0) is 4.74 Å². The topological polar surface area (TPSA) is 75.9 Å². The van der Waals surface area contributed by atoms with Crippen molar-refractivity contribution >= 4 is 12.0 Å². The lowest BCUT2D eigenvalue weighted by atomic mass is 10.0. The zero-order valence-corrected chi connectivity index (χ0v) is 16.7. The normalized spacial score (nSPS) is 18.4. The number of ether oxygens (including phenoxy) is 1. The van der Waals surface area contributed by atoms with Gasteiger partial charge in [-0.25, -0.2) is 4.79 Å². The van der Waals surface area contributed by atoms with Crippen LogP contribution < -0.4 is 5.73 Å². The van der Waals surface area contributed by atoms with Gasteiger partial charge in [-0.05, 0) is 64.8 Å². The van der Waals surface area contributed by atoms with Crippen LogP contribution in [0, 0.1) is 6.92 Å². The highest BCUT2D eigenvalue weighted by molar-refractivity contribution is 5.92. The molecule has 0 atom stereocenters. The maximum Gasteiger partial charge on any atom is 0.409 e. The minimum Gasteiger partial charge on any atom is -0.450 e. The average Bonchev–Trinajstić information content (AvgIpc) is 2.70. The van der Waals surface area contributed by atoms with Crippen LogP contribution in [-0.4, -0.2) is 60.6 Å². The van der Waals surface area contributed by atoms with Gasteiger partial charge in [-0.1, -0.05) is 24.1 Å². The molecule has 1 aromatic carbocycles. The Hall–Kier alpha value is -2.08. The Labute approximate surface area is 162 Å². The molecule has 2 aliphatic rings. The van der Waals surface area contributed by atoms with E-state index in [2.05, 4.69) is 4.90 Å². The lowest BCUT2D eigenvalue weighted by Gasteiger charge is -2.39. The molecule has 6 heteroatoms. The molecule has 150 valence electrons. The van der Waals surface area contributed by atoms with Crippen molar-refractivity contribution in [2.75, 3.05) is 32.8 Å². The van der Waals surface area contributed by atoms with E-state index in [4.69, 9.17) is 10.5 Å². The lowest BCUT2D eigenvalue weighted by Crippen LogP contribution is -2.48. The fraction of sp³-hybridized carbons (Fsp3) is 0.619. The first kappa shape index (κ1) is 21.2. The summed E-state index contributed by atoms with van der Waals surface area (Å²) in [5.41, 5.74) is 6.72. The molecular formula is C21H33N3O3. The minimum atomic E-state index is -0.375. The second-order valence-corrected chi connectivity index (χ2v) is 7.24. The summed E-state index contributed by atoms with van der Waals surface area (Å²) in [6, 6.07) is 7.86. The van der Waals surface area contributed by atoms with E-state index in [-0.39, 0.29) is 12.0 Å². The maximum atomic E-state index is 11.6. The van der Waals surface area contributed by atoms with E-state index in [1.54, 1.807) is 12.1 Å². The highest BCUT2D eigenvalue weighted by atomic mass is 16.6. The van der Waals surface area contributed by atoms with Crippen LogP contribution in [0.1, 0.15) is 54.9 Å². The van der Waals surface area contributed by atoms with Gasteiger partial charge in [-0.15, -0.1) is 0 Å². The number of rotatable bonds is 3. The average molecular weight is 376 g/mol. The quantitative estimate of drug-likeness (QED) is 0.880. The van der Waals surface area contributed by atoms with Crippen molar-refractivity contribution in [3.05, 3.63) is 35.4 Å². The molecule has 27 heavy (non-hydrogen) atoms. The van der Waals surface area contributed by atoms with Crippen LogP contribution in [0.5, 0.6) is 0 Å². The number of nitrogens with two attached hydrogens (primary N) is 1. The van der Waals surface area contributed by atoms with Crippen molar-refractivity contribution in [1.29, 1.82) is 0 Å². The lowest BCUT2D eigenvalue weighted by molar-refractivity contribution is 0.0686. The van der Waals surface area contributed by atoms with E-state index in [0.29, 0.717) is 18.2 Å². The van der Waals surface area contributed by atoms with E-state index in [1.807, 2.05) is 30.9 Å². The third-order valence-electron chi connectivity index (χ3n) is 5.23. The predicted molar refractivity (Wildman–Crippen MR) is 107 cm³/mol. The molecule has 0 aromatic heterocycles. The number of piperidine rings is 2. The molecular weight excluding hydrogens is 342 g/mol. The van der Waals surface area contributed by atoms with Gasteiger partial charge < -0.3 is 20.3 Å². The summed E-state index contributed by atoms with van der Waals surface area (Å²) in [7, 11) is 0. The van der Waals surface area contributed by atoms with E-state index in [1.165, 1.54) is 32.4 Å². The molecule has 0 radical (unpaired) electrons. The zero-order valence-electron chi connectivity index (χ0n) is 16.7. The van der Waals surface area contributed by atoms with E-state index < -0.39 is 0 Å². The molecule has 2 fully saturated rings. The first-order chi connectivity index (χ1) is 13.0. The molecule has 2 saturated heterocycles. The molecule has 0 unspecified atom stereocenters. The third-order valence-corrected chi connectivity index (χ3v) is 5.23. The minimum absolute atomic E-state index is 0.135. The van der Waals surface area contributed by atoms with Gasteiger partial charge in [-0.3, -0.25) is 4.79 Å². The number of carbonyl (C=O) groups is 2. The van der Waals surface area contributed by atoms with Gasteiger partial charge in [0.15, 0.2) is 0 Å². The summed E-state index contributed by atoms with van der Waals surface area (Å²) in [6.07, 6.45) is 6.16. The first-order valence-corrected chi connectivity index (χ1v) is 10.0. The number of hydrogen-bond acceptors (Lipinski definition) is 4. The summed E-state index contributed by atoms with van der Waals surface area (Å²) >= 11 is 0. The standard InChI is InChI=1S/C13H24N2O2.C8H9NO/c1-2-17-13(16)15-10-6-12(7-11-15)14-8-4-3-5-9-14;1-6-2-4-7(5-3-6)8(9)10/h12H,2-11H2,1H3;2-5H,1H3,(H2,9,10). The van der Waals surface area contributed by atoms with Gasteiger partial charge in [0.2, 0.25) is 5.91 Å². The van der Waals surface area contributed by atoms with Gasteiger partial charge >= 0.3 is 6.09 Å². The van der Waals surface area contributed by atoms with Crippen LogP contribution in [0.4, 0.5) is 4.79 Å². The molecule has 2 heterocycles. The van der Waals surface area contributed by atoms with Gasteiger partial charge in [-0.2, -0.15) is 0 Å². The third kappa shape index (κ3) is 6.86. The van der Waals surface area contributed by atoms with E-state index >= 15 is 0 Å². The molecule has 1 aromatic rings. The van der Waals surface area contributed by atoms with Gasteiger partial charge in [0.25, 0.3) is 0 Å². The molecule has 0 bridgehead atoms. The number of benzene rings is 1. The molecule has 0 spiro atoms. The van der Waals surface area contributed by atoms with Crippen LogP contribution in [0.25, 0.3) is 0 Å². The summed E-state index contributed by atoms with van der Waals surface area (Å²) in [5, 5.41) is 0. The fourth-order valence-corrected chi connectivity index (χ4v) is 3.63. The molecule has 0 aliphatic carbocycles. The van der Waals surface area contributed by atoms with Crippen molar-refractivity contribution in [3.63, 3.8) is 0 Å². The van der Waals surface area contributed by atoms with Crippen molar-refractivity contribution in [2.45, 2.75) is 52.0 Å². The van der Waals surface area contributed by atoms with Gasteiger partial charge in [0.05, 0.1) is 6.61 Å². The number of amides is 2. The fourth-order valence-electron chi connectivity index (χ4n) is 3.63. The highest BCUT2D eigenvalue weighted by Gasteiger charge is 2.27. The number of hydrogen-bond donors (Lipinski definition) is 1. The smallest absolute Gasteiger partial charge is 0.409 e. The van der Waals surface area contributed by atoms with Crippen LogP contribution >= 0.6 is 0 Å². The molecule has 6 nitrogen and oxygen atoms in total. The molecule has 2 aliphatic heterocycles. The maximum absolute atomic E-state index is 11.6. The monoisotopic (exact) mass is 375 g/mol. The van der Waals surface area contributed by atoms with Crippen molar-refractivity contribution in [3.8, 4) is 0 Å². The largest absolute Gasteiger partial charge is 0.450 e. The number of aryl methyl sites for hydroxylation is 1. The Kier molecular flexibility index (Phi) is 8.58. The van der Waals surface area contributed by atoms with Gasteiger partial charge in [0.1, 0.15) is 0 Å². The van der Waals surface area contributed by atoms with Crippen molar-refractivity contribution in [1.82, 2.24) is 9.80 Å². The summed E-state index contributed by atoms with van der Waals surface area (Å²) in [5.74, 6) is -0.375. The summed E-state index contributed by atoms with van der Waals surface area (Å²) in [4.78, 5) is 26.6. The Bertz CT molecular complexity index is 589. The van der Waals surface area contributed by atoms with Crippen molar-refractivity contribution in [2.24, 2.45) is 5.73 Å². The zero-order chi connectivity index (χ0) is 19.6. The van der Waals surface area contributed by atoms with Crippen LogP contribution in [0.3, 0.4) is 0 Å². The Balaban J connectivity index is 0.000000223. The number of primary amides is 1. The molecule has 2 N–H and O–H groups in total. The summed E-state index contributed by atoms with van der Waals surface area (Å²) in [6.45, 7) is 8.53. The number of likely N-dealkylation sites (tertiary alicyclic amines) is 2. The van der Waals surface area contributed by atoms with E-state index in [0.717, 1.165) is 31.5 Å². The predicted octanol–water partition coefficient (Wildman–Crippen LogP) is 3.19. The first-order valence-electron chi connectivity index (χ1n) is 10.0. The number of carbonyl (C=O) groups excluding carboxylic acids is 2. The van der Waals surface area contributed by atoms with Gasteiger partial charge in [0, 0.05) is 24.7 Å². The highest BCUT2D eigenvalue weighted by Crippen LogP contribution is 2.21. The second-order valence-electron chi connectivity index (χ2n) is 7.24. The van der Waals surface area contributed by atoms with E-state index in [9.17, 15) is 9.59 Å². The summed E-state index contributed by atoms with van der Waals surface area (Å²) < 4.78 is 5.04. The molecule has 3 rings (SSSR count).